The summed E-state index contributed by atoms with van der Waals surface area (Å²) in [7, 11) is 1.47. The first-order valence-corrected chi connectivity index (χ1v) is 17.5. The number of hydrogen-bond acceptors (Lipinski definition) is 7. The predicted octanol–water partition coefficient (Wildman–Crippen LogP) is 3.47. The molecule has 3 heterocycles. The fourth-order valence-electron chi connectivity index (χ4n) is 7.16. The molecule has 0 radical (unpaired) electrons. The maximum Gasteiger partial charge on any atom is 0.410 e. The molecule has 2 saturated heterocycles. The summed E-state index contributed by atoms with van der Waals surface area (Å²) in [6, 6.07) is 4.11. The predicted molar refractivity (Wildman–Crippen MR) is 178 cm³/mol. The number of ether oxygens (including phenoxy) is 2. The first-order chi connectivity index (χ1) is 22.8. The Morgan fingerprint density at radius 2 is 1.67 bits per heavy atom. The topological polar surface area (TPSA) is 150 Å². The highest BCUT2D eigenvalue weighted by molar-refractivity contribution is 5.95. The van der Waals surface area contributed by atoms with E-state index < -0.39 is 41.6 Å². The van der Waals surface area contributed by atoms with E-state index in [1.165, 1.54) is 11.9 Å². The molecular formula is C35H52N6O7. The third kappa shape index (κ3) is 8.33. The van der Waals surface area contributed by atoms with Crippen LogP contribution in [-0.2, 0) is 19.1 Å². The highest BCUT2D eigenvalue weighted by Crippen LogP contribution is 2.34. The zero-order valence-electron chi connectivity index (χ0n) is 29.0. The summed E-state index contributed by atoms with van der Waals surface area (Å²) < 4.78 is 11.2. The van der Waals surface area contributed by atoms with Gasteiger partial charge in [0.1, 0.15) is 29.5 Å². The number of nitrogens with zero attached hydrogens (tertiary/aromatic N) is 3. The molecule has 0 unspecified atom stereocenters. The molecule has 3 N–H and O–H groups in total. The zero-order valence-corrected chi connectivity index (χ0v) is 29.0. The second kappa shape index (κ2) is 15.0. The van der Waals surface area contributed by atoms with E-state index in [9.17, 15) is 24.0 Å². The molecular weight excluding hydrogens is 616 g/mol. The number of urea groups is 1. The molecule has 5 atom stereocenters. The van der Waals surface area contributed by atoms with E-state index >= 15 is 0 Å². The van der Waals surface area contributed by atoms with Crippen LogP contribution in [-0.4, -0.2) is 107 Å². The minimum absolute atomic E-state index is 0.0586. The average Bonchev–Trinajstić information content (AvgIpc) is 3.47. The summed E-state index contributed by atoms with van der Waals surface area (Å²) in [6.07, 6.45) is 6.64. The van der Waals surface area contributed by atoms with Crippen molar-refractivity contribution in [3.8, 4) is 5.75 Å². The van der Waals surface area contributed by atoms with E-state index in [1.807, 2.05) is 24.3 Å². The number of likely N-dealkylation sites (N-methyl/N-ethyl adjacent to an activating group) is 1. The van der Waals surface area contributed by atoms with Gasteiger partial charge in [0, 0.05) is 37.7 Å². The smallest absolute Gasteiger partial charge is 0.410 e. The fourth-order valence-corrected chi connectivity index (χ4v) is 7.16. The SMILES string of the molecule is C[C@@H](C(=O)N[C@H]1CN(C(=O)NC2CCCCC2)CC[C@H]2CC[C@@H](C(=O)N[C@@H]3CCOc4ccccc43)N2C1=O)N(C)C(=O)OC(C)(C)C. The Hall–Kier alpha value is -4.03. The molecule has 1 saturated carbocycles. The van der Waals surface area contributed by atoms with Crippen molar-refractivity contribution in [2.75, 3.05) is 26.7 Å². The summed E-state index contributed by atoms with van der Waals surface area (Å²) >= 11 is 0. The van der Waals surface area contributed by atoms with Crippen molar-refractivity contribution in [2.45, 2.75) is 127 Å². The van der Waals surface area contributed by atoms with Crippen LogP contribution in [0.2, 0.25) is 0 Å². The van der Waals surface area contributed by atoms with Crippen LogP contribution in [0, 0.1) is 0 Å². The van der Waals surface area contributed by atoms with Crippen molar-refractivity contribution < 1.29 is 33.4 Å². The molecule has 3 fully saturated rings. The number of benzene rings is 1. The van der Waals surface area contributed by atoms with Gasteiger partial charge in [0.15, 0.2) is 0 Å². The number of nitrogens with one attached hydrogen (secondary N) is 3. The Kier molecular flexibility index (Phi) is 11.0. The van der Waals surface area contributed by atoms with Gasteiger partial charge in [-0.15, -0.1) is 0 Å². The molecule has 264 valence electrons. The van der Waals surface area contributed by atoms with Gasteiger partial charge >= 0.3 is 12.1 Å². The first kappa shape index (κ1) is 35.3. The summed E-state index contributed by atoms with van der Waals surface area (Å²) in [5.74, 6) is -0.491. The third-order valence-corrected chi connectivity index (χ3v) is 9.95. The standard InChI is InChI=1S/C35H52N6O7/c1-22(39(5)34(46)48-35(2,3)4)30(42)38-27-21-40(33(45)36-23-11-7-6-8-12-23)19-17-24-15-16-28(41(24)32(27)44)31(43)37-26-18-20-47-29-14-10-9-13-25(26)29/h9-10,13-14,22-24,26-28H,6-8,11-12,15-21H2,1-5H3,(H,36,45)(H,37,43)(H,38,42)/t22-,24+,26+,27-,28-/m0/s1. The third-order valence-electron chi connectivity index (χ3n) is 9.95. The molecule has 13 nitrogen and oxygen atoms in total. The fraction of sp³-hybridized carbons (Fsp3) is 0.686. The lowest BCUT2D eigenvalue weighted by Gasteiger charge is -2.40. The van der Waals surface area contributed by atoms with Crippen LogP contribution in [0.25, 0.3) is 0 Å². The Labute approximate surface area is 283 Å². The van der Waals surface area contributed by atoms with Crippen LogP contribution in [0.1, 0.15) is 97.1 Å². The Balaban J connectivity index is 1.34. The van der Waals surface area contributed by atoms with Crippen LogP contribution in [0.4, 0.5) is 9.59 Å². The van der Waals surface area contributed by atoms with Crippen LogP contribution in [0.3, 0.4) is 0 Å². The molecule has 1 aromatic carbocycles. The Morgan fingerprint density at radius 3 is 2.40 bits per heavy atom. The summed E-state index contributed by atoms with van der Waals surface area (Å²) in [4.78, 5) is 72.6. The minimum atomic E-state index is -1.12. The number of rotatable bonds is 6. The molecule has 0 spiro atoms. The largest absolute Gasteiger partial charge is 0.493 e. The van der Waals surface area contributed by atoms with E-state index in [-0.39, 0.29) is 36.6 Å². The highest BCUT2D eigenvalue weighted by atomic mass is 16.6. The van der Waals surface area contributed by atoms with Gasteiger partial charge in [-0.1, -0.05) is 37.5 Å². The van der Waals surface area contributed by atoms with E-state index in [1.54, 1.807) is 37.5 Å². The van der Waals surface area contributed by atoms with Crippen LogP contribution >= 0.6 is 0 Å². The zero-order chi connectivity index (χ0) is 34.6. The van der Waals surface area contributed by atoms with Crippen molar-refractivity contribution in [1.82, 2.24) is 30.7 Å². The van der Waals surface area contributed by atoms with E-state index in [4.69, 9.17) is 9.47 Å². The van der Waals surface area contributed by atoms with Crippen molar-refractivity contribution >= 4 is 29.8 Å². The van der Waals surface area contributed by atoms with Crippen molar-refractivity contribution in [3.63, 3.8) is 0 Å². The highest BCUT2D eigenvalue weighted by Gasteiger charge is 2.46. The van der Waals surface area contributed by atoms with Crippen LogP contribution < -0.4 is 20.7 Å². The summed E-state index contributed by atoms with van der Waals surface area (Å²) in [5.41, 5.74) is 0.148. The van der Waals surface area contributed by atoms with E-state index in [2.05, 4.69) is 16.0 Å². The van der Waals surface area contributed by atoms with Crippen molar-refractivity contribution in [2.24, 2.45) is 0 Å². The average molecular weight is 669 g/mol. The van der Waals surface area contributed by atoms with Gasteiger partial charge in [-0.2, -0.15) is 0 Å². The molecule has 48 heavy (non-hydrogen) atoms. The molecule has 13 heteroatoms. The lowest BCUT2D eigenvalue weighted by Crippen LogP contribution is -2.63. The second-order valence-corrected chi connectivity index (χ2v) is 14.6. The molecule has 5 rings (SSSR count). The molecule has 6 amide bonds. The molecule has 0 aromatic heterocycles. The van der Waals surface area contributed by atoms with Gasteiger partial charge in [-0.25, -0.2) is 9.59 Å². The van der Waals surface area contributed by atoms with Crippen LogP contribution in [0.5, 0.6) is 5.75 Å². The van der Waals surface area contributed by atoms with Crippen LogP contribution in [0.15, 0.2) is 24.3 Å². The summed E-state index contributed by atoms with van der Waals surface area (Å²) in [5, 5.41) is 9.16. The van der Waals surface area contributed by atoms with Gasteiger partial charge in [0.05, 0.1) is 19.2 Å². The second-order valence-electron chi connectivity index (χ2n) is 14.6. The quantitative estimate of drug-likeness (QED) is 0.420. The number of para-hydroxylation sites is 1. The van der Waals surface area contributed by atoms with Gasteiger partial charge in [0.2, 0.25) is 17.7 Å². The molecule has 1 aliphatic carbocycles. The van der Waals surface area contributed by atoms with Crippen molar-refractivity contribution in [1.29, 1.82) is 0 Å². The normalized spacial score (nSPS) is 25.3. The van der Waals surface area contributed by atoms with Gasteiger partial charge in [-0.05, 0) is 65.9 Å². The number of carbonyl (C=O) groups is 5. The minimum Gasteiger partial charge on any atom is -0.493 e. The Bertz CT molecular complexity index is 1360. The lowest BCUT2D eigenvalue weighted by molar-refractivity contribution is -0.145. The van der Waals surface area contributed by atoms with Gasteiger partial charge in [-0.3, -0.25) is 19.3 Å². The number of hydrogen-bond donors (Lipinski definition) is 3. The molecule has 0 bridgehead atoms. The van der Waals surface area contributed by atoms with E-state index in [0.717, 1.165) is 43.4 Å². The first-order valence-electron chi connectivity index (χ1n) is 17.5. The maximum absolute atomic E-state index is 14.4. The molecule has 3 aliphatic heterocycles. The Morgan fingerprint density at radius 1 is 0.938 bits per heavy atom. The monoisotopic (exact) mass is 668 g/mol. The molecule has 1 aromatic rings. The maximum atomic E-state index is 14.4. The number of amides is 6. The number of fused-ring (bicyclic) bond motifs is 2. The van der Waals surface area contributed by atoms with Crippen molar-refractivity contribution in [3.05, 3.63) is 29.8 Å². The van der Waals surface area contributed by atoms with Gasteiger partial charge in [0.25, 0.3) is 0 Å². The van der Waals surface area contributed by atoms with Gasteiger partial charge < -0.3 is 35.2 Å². The number of carbonyl (C=O) groups excluding carboxylic acids is 5. The lowest BCUT2D eigenvalue weighted by atomic mass is 9.96. The molecule has 4 aliphatic rings. The van der Waals surface area contributed by atoms with E-state index in [0.29, 0.717) is 38.8 Å². The summed E-state index contributed by atoms with van der Waals surface area (Å²) in [6.45, 7) is 7.56.